The van der Waals surface area contributed by atoms with Crippen molar-refractivity contribution >= 4 is 33.3 Å². The summed E-state index contributed by atoms with van der Waals surface area (Å²) < 4.78 is 26.1. The van der Waals surface area contributed by atoms with E-state index < -0.39 is 10.0 Å². The van der Waals surface area contributed by atoms with E-state index in [0.717, 1.165) is 5.82 Å². The highest BCUT2D eigenvalue weighted by atomic mass is 35.5. The van der Waals surface area contributed by atoms with Crippen LogP contribution in [0.25, 0.3) is 0 Å². The lowest BCUT2D eigenvalue weighted by Crippen LogP contribution is -2.49. The summed E-state index contributed by atoms with van der Waals surface area (Å²) >= 11 is 5.36. The van der Waals surface area contributed by atoms with Gasteiger partial charge in [0.05, 0.1) is 5.75 Å². The zero-order valence-electron chi connectivity index (χ0n) is 12.8. The SMILES string of the molecule is O=C(CCl)NCCCS(=O)(=O)N1CCN(c2ccccn2)CC1. The van der Waals surface area contributed by atoms with Gasteiger partial charge in [-0.05, 0) is 18.6 Å². The Balaban J connectivity index is 1.78. The van der Waals surface area contributed by atoms with E-state index in [0.29, 0.717) is 39.1 Å². The van der Waals surface area contributed by atoms with Gasteiger partial charge in [0.1, 0.15) is 11.7 Å². The van der Waals surface area contributed by atoms with Crippen LogP contribution in [-0.2, 0) is 14.8 Å². The maximum absolute atomic E-state index is 12.3. The van der Waals surface area contributed by atoms with Gasteiger partial charge in [0.15, 0.2) is 0 Å². The average molecular weight is 361 g/mol. The number of nitrogens with one attached hydrogen (secondary N) is 1. The van der Waals surface area contributed by atoms with Gasteiger partial charge in [-0.2, -0.15) is 4.31 Å². The second kappa shape index (κ2) is 8.47. The fraction of sp³-hybridized carbons (Fsp3) is 0.571. The topological polar surface area (TPSA) is 82.6 Å². The van der Waals surface area contributed by atoms with E-state index in [1.165, 1.54) is 4.31 Å². The Morgan fingerprint density at radius 3 is 2.61 bits per heavy atom. The van der Waals surface area contributed by atoms with Crippen molar-refractivity contribution in [2.45, 2.75) is 6.42 Å². The third kappa shape index (κ3) is 5.33. The van der Waals surface area contributed by atoms with Gasteiger partial charge < -0.3 is 10.2 Å². The van der Waals surface area contributed by atoms with Gasteiger partial charge in [0.2, 0.25) is 15.9 Å². The fourth-order valence-electron chi connectivity index (χ4n) is 2.39. The third-order valence-corrected chi connectivity index (χ3v) is 5.83. The van der Waals surface area contributed by atoms with Crippen LogP contribution in [0.2, 0.25) is 0 Å². The lowest BCUT2D eigenvalue weighted by Gasteiger charge is -2.34. The highest BCUT2D eigenvalue weighted by Gasteiger charge is 2.26. The smallest absolute Gasteiger partial charge is 0.234 e. The second-order valence-electron chi connectivity index (χ2n) is 5.23. The number of piperazine rings is 1. The van der Waals surface area contributed by atoms with Crippen LogP contribution in [0, 0.1) is 0 Å². The van der Waals surface area contributed by atoms with Crippen molar-refractivity contribution in [1.82, 2.24) is 14.6 Å². The van der Waals surface area contributed by atoms with Crippen molar-refractivity contribution in [3.63, 3.8) is 0 Å². The Morgan fingerprint density at radius 2 is 2.00 bits per heavy atom. The van der Waals surface area contributed by atoms with Crippen LogP contribution in [0.5, 0.6) is 0 Å². The molecule has 7 nitrogen and oxygen atoms in total. The Labute approximate surface area is 141 Å². The molecule has 1 saturated heterocycles. The number of anilines is 1. The molecule has 1 N–H and O–H groups in total. The minimum atomic E-state index is -3.29. The predicted octanol–water partition coefficient (Wildman–Crippen LogP) is 0.279. The number of hydrogen-bond donors (Lipinski definition) is 1. The first-order chi connectivity index (χ1) is 11.0. The number of halogens is 1. The normalized spacial score (nSPS) is 16.3. The van der Waals surface area contributed by atoms with Gasteiger partial charge in [-0.1, -0.05) is 6.07 Å². The molecule has 2 rings (SSSR count). The van der Waals surface area contributed by atoms with Gasteiger partial charge in [-0.25, -0.2) is 13.4 Å². The van der Waals surface area contributed by atoms with E-state index in [-0.39, 0.29) is 17.5 Å². The summed E-state index contributed by atoms with van der Waals surface area (Å²) in [7, 11) is -3.29. The monoisotopic (exact) mass is 360 g/mol. The van der Waals surface area contributed by atoms with Crippen LogP contribution in [0.3, 0.4) is 0 Å². The molecule has 0 atom stereocenters. The van der Waals surface area contributed by atoms with Crippen molar-refractivity contribution in [3.05, 3.63) is 24.4 Å². The molecule has 0 saturated carbocycles. The number of carbonyl (C=O) groups excluding carboxylic acids is 1. The average Bonchev–Trinajstić information content (AvgIpc) is 2.59. The van der Waals surface area contributed by atoms with E-state index >= 15 is 0 Å². The second-order valence-corrected chi connectivity index (χ2v) is 7.58. The van der Waals surface area contributed by atoms with Gasteiger partial charge >= 0.3 is 0 Å². The number of alkyl halides is 1. The molecule has 0 radical (unpaired) electrons. The Bertz CT molecular complexity index is 604. The minimum absolute atomic E-state index is 0.0269. The molecule has 1 amide bonds. The van der Waals surface area contributed by atoms with Crippen LogP contribution >= 0.6 is 11.6 Å². The van der Waals surface area contributed by atoms with E-state index in [9.17, 15) is 13.2 Å². The Kier molecular flexibility index (Phi) is 6.61. The fourth-order valence-corrected chi connectivity index (χ4v) is 3.98. The minimum Gasteiger partial charge on any atom is -0.355 e. The van der Waals surface area contributed by atoms with Crippen molar-refractivity contribution in [1.29, 1.82) is 0 Å². The first-order valence-electron chi connectivity index (χ1n) is 7.49. The van der Waals surface area contributed by atoms with Crippen molar-refractivity contribution < 1.29 is 13.2 Å². The van der Waals surface area contributed by atoms with Crippen molar-refractivity contribution in [2.75, 3.05) is 49.3 Å². The molecule has 0 aliphatic carbocycles. The molecule has 2 heterocycles. The lowest BCUT2D eigenvalue weighted by molar-refractivity contribution is -0.118. The summed E-state index contributed by atoms with van der Waals surface area (Å²) in [5.41, 5.74) is 0. The van der Waals surface area contributed by atoms with Gasteiger partial charge in [0.25, 0.3) is 0 Å². The molecular weight excluding hydrogens is 340 g/mol. The molecule has 0 aromatic carbocycles. The number of pyridine rings is 1. The summed E-state index contributed by atoms with van der Waals surface area (Å²) in [6.07, 6.45) is 2.11. The Hall–Kier alpha value is -1.38. The lowest BCUT2D eigenvalue weighted by atomic mass is 10.3. The van der Waals surface area contributed by atoms with Crippen LogP contribution < -0.4 is 10.2 Å². The van der Waals surface area contributed by atoms with E-state index in [4.69, 9.17) is 11.6 Å². The zero-order valence-corrected chi connectivity index (χ0v) is 14.4. The maximum atomic E-state index is 12.3. The maximum Gasteiger partial charge on any atom is 0.234 e. The number of hydrogen-bond acceptors (Lipinski definition) is 5. The number of amides is 1. The molecular formula is C14H21ClN4O3S. The third-order valence-electron chi connectivity index (χ3n) is 3.63. The first kappa shape index (κ1) is 18.0. The summed E-state index contributed by atoms with van der Waals surface area (Å²) in [5.74, 6) is 0.503. The molecule has 0 spiro atoms. The molecule has 1 fully saturated rings. The summed E-state index contributed by atoms with van der Waals surface area (Å²) in [6, 6.07) is 5.69. The summed E-state index contributed by atoms with van der Waals surface area (Å²) in [5, 5.41) is 2.57. The van der Waals surface area contributed by atoms with Crippen molar-refractivity contribution in [2.24, 2.45) is 0 Å². The van der Waals surface area contributed by atoms with Crippen LogP contribution in [0.4, 0.5) is 5.82 Å². The number of carbonyl (C=O) groups is 1. The predicted molar refractivity (Wildman–Crippen MR) is 90.2 cm³/mol. The van der Waals surface area contributed by atoms with Gasteiger partial charge in [0, 0.05) is 38.9 Å². The summed E-state index contributed by atoms with van der Waals surface area (Å²) in [4.78, 5) is 17.4. The largest absolute Gasteiger partial charge is 0.355 e. The molecule has 1 aromatic heterocycles. The number of aromatic nitrogens is 1. The molecule has 0 unspecified atom stereocenters. The van der Waals surface area contributed by atoms with E-state index in [2.05, 4.69) is 15.2 Å². The molecule has 9 heteroatoms. The number of nitrogens with zero attached hydrogens (tertiary/aromatic N) is 3. The number of sulfonamides is 1. The molecule has 1 aliphatic heterocycles. The van der Waals surface area contributed by atoms with Crippen LogP contribution in [0.15, 0.2) is 24.4 Å². The molecule has 1 aliphatic rings. The molecule has 0 bridgehead atoms. The summed E-state index contributed by atoms with van der Waals surface area (Å²) in [6.45, 7) is 2.47. The number of rotatable bonds is 7. The Morgan fingerprint density at radius 1 is 1.26 bits per heavy atom. The highest BCUT2D eigenvalue weighted by molar-refractivity contribution is 7.89. The molecule has 128 valence electrons. The van der Waals surface area contributed by atoms with Gasteiger partial charge in [-0.15, -0.1) is 11.6 Å². The standard InChI is InChI=1S/C14H21ClN4O3S/c15-12-14(20)17-6-3-11-23(21,22)19-9-7-18(8-10-19)13-4-1-2-5-16-13/h1-2,4-5H,3,6-12H2,(H,17,20). The van der Waals surface area contributed by atoms with Crippen molar-refractivity contribution in [3.8, 4) is 0 Å². The van der Waals surface area contributed by atoms with Crippen LogP contribution in [-0.4, -0.2) is 68.0 Å². The molecule has 1 aromatic rings. The van der Waals surface area contributed by atoms with E-state index in [1.54, 1.807) is 6.20 Å². The quantitative estimate of drug-likeness (QED) is 0.558. The molecule has 23 heavy (non-hydrogen) atoms. The van der Waals surface area contributed by atoms with Crippen LogP contribution in [0.1, 0.15) is 6.42 Å². The highest BCUT2D eigenvalue weighted by Crippen LogP contribution is 2.15. The first-order valence-corrected chi connectivity index (χ1v) is 9.64. The zero-order chi connectivity index (χ0) is 16.7. The van der Waals surface area contributed by atoms with Gasteiger partial charge in [-0.3, -0.25) is 4.79 Å². The van der Waals surface area contributed by atoms with E-state index in [1.807, 2.05) is 18.2 Å².